The van der Waals surface area contributed by atoms with E-state index in [1.165, 1.54) is 32.1 Å². The second-order valence-electron chi connectivity index (χ2n) is 3.76. The van der Waals surface area contributed by atoms with Crippen LogP contribution in [0, 0.1) is 0 Å². The molecule has 2 rings (SSSR count). The molecule has 0 atom stereocenters. The first-order valence-corrected chi connectivity index (χ1v) is 5.05. The SMILES string of the molecule is NCc1cc(C2CCCCC2)no1. The van der Waals surface area contributed by atoms with E-state index in [1.807, 2.05) is 6.07 Å². The highest BCUT2D eigenvalue weighted by molar-refractivity contribution is 5.10. The molecular formula is C10H16N2O. The van der Waals surface area contributed by atoms with Gasteiger partial charge in [-0.2, -0.15) is 0 Å². The molecule has 2 N–H and O–H groups in total. The Labute approximate surface area is 78.3 Å². The van der Waals surface area contributed by atoms with Crippen molar-refractivity contribution in [2.45, 2.75) is 44.6 Å². The Kier molecular flexibility index (Phi) is 2.64. The van der Waals surface area contributed by atoms with E-state index in [4.69, 9.17) is 10.3 Å². The van der Waals surface area contributed by atoms with Gasteiger partial charge in [0.1, 0.15) is 0 Å². The van der Waals surface area contributed by atoms with Gasteiger partial charge in [-0.05, 0) is 12.8 Å². The van der Waals surface area contributed by atoms with E-state index in [-0.39, 0.29) is 0 Å². The molecule has 0 bridgehead atoms. The summed E-state index contributed by atoms with van der Waals surface area (Å²) in [6, 6.07) is 2.01. The molecule has 0 spiro atoms. The molecule has 0 aliphatic heterocycles. The Morgan fingerprint density at radius 1 is 1.38 bits per heavy atom. The first-order chi connectivity index (χ1) is 6.40. The topological polar surface area (TPSA) is 52.0 Å². The normalized spacial score (nSPS) is 19.2. The average molecular weight is 180 g/mol. The molecule has 72 valence electrons. The van der Waals surface area contributed by atoms with Gasteiger partial charge in [0, 0.05) is 12.0 Å². The van der Waals surface area contributed by atoms with Gasteiger partial charge in [-0.15, -0.1) is 0 Å². The van der Waals surface area contributed by atoms with E-state index in [9.17, 15) is 0 Å². The van der Waals surface area contributed by atoms with Crippen molar-refractivity contribution in [1.82, 2.24) is 5.16 Å². The number of rotatable bonds is 2. The van der Waals surface area contributed by atoms with E-state index >= 15 is 0 Å². The van der Waals surface area contributed by atoms with Crippen molar-refractivity contribution < 1.29 is 4.52 Å². The average Bonchev–Trinajstić information content (AvgIpc) is 2.67. The molecule has 0 saturated heterocycles. The summed E-state index contributed by atoms with van der Waals surface area (Å²) >= 11 is 0. The molecule has 0 amide bonds. The fourth-order valence-electron chi connectivity index (χ4n) is 2.02. The smallest absolute Gasteiger partial charge is 0.150 e. The number of hydrogen-bond acceptors (Lipinski definition) is 3. The molecule has 1 aliphatic carbocycles. The van der Waals surface area contributed by atoms with Crippen LogP contribution in [-0.2, 0) is 6.54 Å². The zero-order valence-electron chi connectivity index (χ0n) is 7.83. The van der Waals surface area contributed by atoms with E-state index < -0.39 is 0 Å². The highest BCUT2D eigenvalue weighted by Gasteiger charge is 2.18. The van der Waals surface area contributed by atoms with Crippen molar-refractivity contribution in [3.05, 3.63) is 17.5 Å². The molecule has 13 heavy (non-hydrogen) atoms. The van der Waals surface area contributed by atoms with Gasteiger partial charge in [0.05, 0.1) is 12.2 Å². The standard InChI is InChI=1S/C10H16N2O/c11-7-9-6-10(12-13-9)8-4-2-1-3-5-8/h6,8H,1-5,7,11H2. The number of nitrogens with zero attached hydrogens (tertiary/aromatic N) is 1. The summed E-state index contributed by atoms with van der Waals surface area (Å²) in [7, 11) is 0. The lowest BCUT2D eigenvalue weighted by Gasteiger charge is -2.18. The minimum atomic E-state index is 0.458. The summed E-state index contributed by atoms with van der Waals surface area (Å²) in [6.45, 7) is 0.458. The summed E-state index contributed by atoms with van der Waals surface area (Å²) in [4.78, 5) is 0. The van der Waals surface area contributed by atoms with E-state index in [0.29, 0.717) is 12.5 Å². The lowest BCUT2D eigenvalue weighted by molar-refractivity contribution is 0.359. The summed E-state index contributed by atoms with van der Waals surface area (Å²) < 4.78 is 5.09. The molecule has 0 aromatic carbocycles. The molecule has 1 aromatic heterocycles. The highest BCUT2D eigenvalue weighted by atomic mass is 16.5. The van der Waals surface area contributed by atoms with Gasteiger partial charge < -0.3 is 10.3 Å². The van der Waals surface area contributed by atoms with Gasteiger partial charge in [-0.1, -0.05) is 24.4 Å². The minimum Gasteiger partial charge on any atom is -0.360 e. The minimum absolute atomic E-state index is 0.458. The maximum Gasteiger partial charge on any atom is 0.150 e. The summed E-state index contributed by atoms with van der Waals surface area (Å²) in [6.07, 6.45) is 6.55. The Morgan fingerprint density at radius 2 is 2.15 bits per heavy atom. The van der Waals surface area contributed by atoms with Crippen molar-refractivity contribution in [3.63, 3.8) is 0 Å². The maximum atomic E-state index is 5.46. The number of hydrogen-bond donors (Lipinski definition) is 1. The molecule has 1 aliphatic rings. The van der Waals surface area contributed by atoms with E-state index in [1.54, 1.807) is 0 Å². The molecular weight excluding hydrogens is 164 g/mol. The Balaban J connectivity index is 2.05. The molecule has 1 aromatic rings. The van der Waals surface area contributed by atoms with Crippen LogP contribution < -0.4 is 5.73 Å². The van der Waals surface area contributed by atoms with Crippen LogP contribution in [-0.4, -0.2) is 5.16 Å². The van der Waals surface area contributed by atoms with Gasteiger partial charge in [0.25, 0.3) is 0 Å². The third kappa shape index (κ3) is 1.91. The van der Waals surface area contributed by atoms with Crippen LogP contribution >= 0.6 is 0 Å². The van der Waals surface area contributed by atoms with Crippen LogP contribution in [0.1, 0.15) is 49.5 Å². The summed E-state index contributed by atoms with van der Waals surface area (Å²) in [5.41, 5.74) is 6.57. The highest BCUT2D eigenvalue weighted by Crippen LogP contribution is 2.31. The quantitative estimate of drug-likeness (QED) is 0.759. The van der Waals surface area contributed by atoms with Crippen molar-refractivity contribution in [2.24, 2.45) is 5.73 Å². The Bertz CT molecular complexity index is 264. The second kappa shape index (κ2) is 3.92. The first-order valence-electron chi connectivity index (χ1n) is 5.05. The summed E-state index contributed by atoms with van der Waals surface area (Å²) in [5.74, 6) is 1.43. The molecule has 3 nitrogen and oxygen atoms in total. The number of aromatic nitrogens is 1. The van der Waals surface area contributed by atoms with Gasteiger partial charge in [0.15, 0.2) is 5.76 Å². The molecule has 1 heterocycles. The van der Waals surface area contributed by atoms with Crippen molar-refractivity contribution in [1.29, 1.82) is 0 Å². The Hall–Kier alpha value is -0.830. The lowest BCUT2D eigenvalue weighted by Crippen LogP contribution is -2.04. The lowest BCUT2D eigenvalue weighted by atomic mass is 9.87. The van der Waals surface area contributed by atoms with Crippen LogP contribution in [0.3, 0.4) is 0 Å². The first kappa shape index (κ1) is 8.75. The van der Waals surface area contributed by atoms with Crippen LogP contribution in [0.5, 0.6) is 0 Å². The summed E-state index contributed by atoms with van der Waals surface area (Å²) in [5, 5.41) is 4.06. The fourth-order valence-corrected chi connectivity index (χ4v) is 2.02. The largest absolute Gasteiger partial charge is 0.360 e. The van der Waals surface area contributed by atoms with Gasteiger partial charge in [-0.25, -0.2) is 0 Å². The van der Waals surface area contributed by atoms with Crippen molar-refractivity contribution >= 4 is 0 Å². The predicted molar refractivity (Wildman–Crippen MR) is 50.2 cm³/mol. The maximum absolute atomic E-state index is 5.46. The van der Waals surface area contributed by atoms with Gasteiger partial charge in [-0.3, -0.25) is 0 Å². The van der Waals surface area contributed by atoms with Crippen LogP contribution in [0.25, 0.3) is 0 Å². The zero-order valence-corrected chi connectivity index (χ0v) is 7.83. The fraction of sp³-hybridized carbons (Fsp3) is 0.700. The second-order valence-corrected chi connectivity index (χ2v) is 3.76. The third-order valence-corrected chi connectivity index (χ3v) is 2.80. The third-order valence-electron chi connectivity index (χ3n) is 2.80. The zero-order chi connectivity index (χ0) is 9.10. The van der Waals surface area contributed by atoms with Crippen LogP contribution in [0.2, 0.25) is 0 Å². The molecule has 3 heteroatoms. The molecule has 1 saturated carbocycles. The van der Waals surface area contributed by atoms with Crippen LogP contribution in [0.4, 0.5) is 0 Å². The van der Waals surface area contributed by atoms with Crippen molar-refractivity contribution in [2.75, 3.05) is 0 Å². The molecule has 0 unspecified atom stereocenters. The predicted octanol–water partition coefficient (Wildman–Crippen LogP) is 2.18. The molecule has 1 fully saturated rings. The van der Waals surface area contributed by atoms with Gasteiger partial charge >= 0.3 is 0 Å². The monoisotopic (exact) mass is 180 g/mol. The number of nitrogens with two attached hydrogens (primary N) is 1. The van der Waals surface area contributed by atoms with Crippen molar-refractivity contribution in [3.8, 4) is 0 Å². The Morgan fingerprint density at radius 3 is 2.77 bits per heavy atom. The van der Waals surface area contributed by atoms with Crippen LogP contribution in [0.15, 0.2) is 10.6 Å². The molecule has 0 radical (unpaired) electrons. The van der Waals surface area contributed by atoms with E-state index in [2.05, 4.69) is 5.16 Å². The van der Waals surface area contributed by atoms with Gasteiger partial charge in [0.2, 0.25) is 0 Å². The van der Waals surface area contributed by atoms with E-state index in [0.717, 1.165) is 11.5 Å².